The molecule has 0 saturated carbocycles. The summed E-state index contributed by atoms with van der Waals surface area (Å²) in [7, 11) is 0. The van der Waals surface area contributed by atoms with Crippen LogP contribution in [0, 0.1) is 6.92 Å². The van der Waals surface area contributed by atoms with Crippen LogP contribution in [0.1, 0.15) is 370 Å². The van der Waals surface area contributed by atoms with E-state index in [-0.39, 0.29) is 0 Å². The first-order valence-corrected chi connectivity index (χ1v) is 32.6. The second-order valence-corrected chi connectivity index (χ2v) is 23.0. The topological polar surface area (TPSA) is 0 Å². The summed E-state index contributed by atoms with van der Waals surface area (Å²) in [5, 5.41) is 0. The summed E-state index contributed by atoms with van der Waals surface area (Å²) >= 11 is 0. The summed E-state index contributed by atoms with van der Waals surface area (Å²) in [5.41, 5.74) is 13.6. The predicted octanol–water partition coefficient (Wildman–Crippen LogP) is 24.6. The molecule has 70 heavy (non-hydrogen) atoms. The Morgan fingerprint density at radius 2 is 0.457 bits per heavy atom. The molecule has 0 heteroatoms. The molecule has 0 aliphatic rings. The van der Waals surface area contributed by atoms with E-state index in [9.17, 15) is 0 Å². The number of benzene rings is 2. The highest BCUT2D eigenvalue weighted by molar-refractivity contribution is 5.56. The smallest absolute Gasteiger partial charge is 0.00413 e. The first kappa shape index (κ1) is 66.5. The fraction of sp³-hybridized carbons (Fsp3) is 0.829. The van der Waals surface area contributed by atoms with Gasteiger partial charge in [0.05, 0.1) is 0 Å². The van der Waals surface area contributed by atoms with Gasteiger partial charge in [-0.05, 0) is 129 Å². The minimum atomic E-state index is 0.357. The van der Waals surface area contributed by atoms with Crippen molar-refractivity contribution in [2.75, 3.05) is 0 Å². The van der Waals surface area contributed by atoms with E-state index in [0.717, 1.165) is 0 Å². The molecule has 2 aromatic rings. The van der Waals surface area contributed by atoms with Crippen LogP contribution in [-0.4, -0.2) is 0 Å². The molecular formula is C70H128. The number of hydrogen-bond acceptors (Lipinski definition) is 0. The van der Waals surface area contributed by atoms with Crippen LogP contribution in [0.2, 0.25) is 0 Å². The summed E-state index contributed by atoms with van der Waals surface area (Å²) in [5.74, 6) is 0. The van der Waals surface area contributed by atoms with Gasteiger partial charge in [-0.15, -0.1) is 0 Å². The second kappa shape index (κ2) is 48.4. The lowest BCUT2D eigenvalue weighted by Crippen LogP contribution is -2.32. The molecule has 0 N–H and O–H groups in total. The zero-order valence-corrected chi connectivity index (χ0v) is 49.8. The molecule has 0 amide bonds. The van der Waals surface area contributed by atoms with Crippen molar-refractivity contribution in [1.29, 1.82) is 0 Å². The fourth-order valence-electron chi connectivity index (χ4n) is 12.1. The molecule has 2 rings (SSSR count). The molecule has 0 aromatic heterocycles. The van der Waals surface area contributed by atoms with E-state index in [2.05, 4.69) is 80.0 Å². The molecule has 0 atom stereocenters. The summed E-state index contributed by atoms with van der Waals surface area (Å²) in [6.07, 6.45) is 67.8. The Balaban J connectivity index is 0.00000319. The van der Waals surface area contributed by atoms with E-state index in [1.165, 1.54) is 314 Å². The molecule has 0 radical (unpaired) electrons. The Bertz CT molecular complexity index is 1290. The van der Waals surface area contributed by atoms with Crippen LogP contribution < -0.4 is 0 Å². The molecule has 408 valence electrons. The number of rotatable bonds is 49. The Labute approximate surface area is 443 Å². The minimum absolute atomic E-state index is 0.357. The van der Waals surface area contributed by atoms with Gasteiger partial charge in [-0.25, -0.2) is 0 Å². The molecule has 2 aromatic carbocycles. The maximum absolute atomic E-state index is 2.41. The van der Waals surface area contributed by atoms with E-state index in [1.54, 1.807) is 0 Å². The van der Waals surface area contributed by atoms with Gasteiger partial charge in [0.1, 0.15) is 0 Å². The average molecular weight is 970 g/mol. The third-order valence-electron chi connectivity index (χ3n) is 16.5. The maximum atomic E-state index is 2.41. The van der Waals surface area contributed by atoms with Crippen LogP contribution in [0.4, 0.5) is 0 Å². The van der Waals surface area contributed by atoms with Crippen LogP contribution in [0.3, 0.4) is 0 Å². The third kappa shape index (κ3) is 31.2. The Hall–Kier alpha value is -1.56. The molecule has 0 nitrogen and oxygen atoms in total. The second-order valence-electron chi connectivity index (χ2n) is 23.0. The summed E-state index contributed by atoms with van der Waals surface area (Å²) in [6, 6.07) is 10.3. The van der Waals surface area contributed by atoms with E-state index >= 15 is 0 Å². The van der Waals surface area contributed by atoms with Crippen molar-refractivity contribution in [1.82, 2.24) is 0 Å². The van der Waals surface area contributed by atoms with Gasteiger partial charge >= 0.3 is 0 Å². The fourth-order valence-corrected chi connectivity index (χ4v) is 12.1. The Morgan fingerprint density at radius 1 is 0.243 bits per heavy atom. The lowest BCUT2D eigenvalue weighted by molar-refractivity contribution is 0.294. The van der Waals surface area contributed by atoms with Crippen LogP contribution in [0.5, 0.6) is 0 Å². The van der Waals surface area contributed by atoms with Gasteiger partial charge in [-0.1, -0.05) is 316 Å². The number of aryl methyl sites for hydroxylation is 1. The molecule has 0 saturated heterocycles. The lowest BCUT2D eigenvalue weighted by Gasteiger charge is -2.42. The van der Waals surface area contributed by atoms with E-state index < -0.39 is 0 Å². The van der Waals surface area contributed by atoms with Crippen LogP contribution in [-0.2, 0) is 37.5 Å². The van der Waals surface area contributed by atoms with Crippen molar-refractivity contribution >= 4 is 0 Å². The molecule has 0 unspecified atom stereocenters. The van der Waals surface area contributed by atoms with Gasteiger partial charge in [-0.2, -0.15) is 0 Å². The van der Waals surface area contributed by atoms with Crippen molar-refractivity contribution in [2.24, 2.45) is 0 Å². The maximum Gasteiger partial charge on any atom is -0.00413 e. The van der Waals surface area contributed by atoms with Gasteiger partial charge in [0, 0.05) is 0 Å². The first-order chi connectivity index (χ1) is 34.4. The minimum Gasteiger partial charge on any atom is -0.0654 e. The molecule has 0 spiro atoms. The molecule has 0 aliphatic carbocycles. The van der Waals surface area contributed by atoms with E-state index in [0.29, 0.717) is 5.41 Å². The standard InChI is InChI=1S/C63H120.C7H8/c1-9-17-25-33-41-49-57-58(50-42-34-26-18-10-2)60(52-44-36-28-20-12-4)62(61(53-45-37-29-21-13-5)59(57)51-43-35-27-19-11-3)63(54-46-38-30-22-14-6,55-47-39-31-23-15-7)56-48-40-32-24-16-8;1-7-5-3-2-4-6-7/h9-56H2,1-8H3;2-6H,1H3. The normalized spacial score (nSPS) is 11.7. The average Bonchev–Trinajstić information content (AvgIpc) is 3.37. The Morgan fingerprint density at radius 3 is 0.686 bits per heavy atom. The zero-order chi connectivity index (χ0) is 51.0. The van der Waals surface area contributed by atoms with Crippen LogP contribution in [0.25, 0.3) is 0 Å². The zero-order valence-electron chi connectivity index (χ0n) is 49.8. The van der Waals surface area contributed by atoms with Crippen molar-refractivity contribution in [3.05, 3.63) is 69.3 Å². The Kier molecular flexibility index (Phi) is 45.9. The lowest BCUT2D eigenvalue weighted by atomic mass is 9.63. The van der Waals surface area contributed by atoms with Gasteiger partial charge in [0.15, 0.2) is 0 Å². The quantitative estimate of drug-likeness (QED) is 0.0580. The van der Waals surface area contributed by atoms with Crippen molar-refractivity contribution in [3.8, 4) is 0 Å². The van der Waals surface area contributed by atoms with Crippen molar-refractivity contribution < 1.29 is 0 Å². The predicted molar refractivity (Wildman–Crippen MR) is 322 cm³/mol. The van der Waals surface area contributed by atoms with Crippen LogP contribution >= 0.6 is 0 Å². The molecular weight excluding hydrogens is 841 g/mol. The van der Waals surface area contributed by atoms with Crippen LogP contribution in [0.15, 0.2) is 30.3 Å². The number of unbranched alkanes of at least 4 members (excludes halogenated alkanes) is 32. The van der Waals surface area contributed by atoms with Gasteiger partial charge < -0.3 is 0 Å². The molecule has 0 bridgehead atoms. The first-order valence-electron chi connectivity index (χ1n) is 32.6. The molecule has 0 aliphatic heterocycles. The van der Waals surface area contributed by atoms with E-state index in [4.69, 9.17) is 0 Å². The number of hydrogen-bond donors (Lipinski definition) is 0. The van der Waals surface area contributed by atoms with Crippen molar-refractivity contribution in [3.63, 3.8) is 0 Å². The summed E-state index contributed by atoms with van der Waals surface area (Å²) in [4.78, 5) is 0. The molecule has 0 heterocycles. The highest BCUT2D eigenvalue weighted by Gasteiger charge is 2.37. The largest absolute Gasteiger partial charge is 0.0654 e. The van der Waals surface area contributed by atoms with Gasteiger partial charge in [0.2, 0.25) is 0 Å². The highest BCUT2D eigenvalue weighted by atomic mass is 14.4. The summed E-state index contributed by atoms with van der Waals surface area (Å²) in [6.45, 7) is 21.3. The SMILES string of the molecule is CCCCCCCc1c(CCCCCCC)c(CCCCCCC)c(C(CCCCCCC)(CCCCCCC)CCCCCCC)c(CCCCCCC)c1CCCCCCC.Cc1ccccc1. The summed E-state index contributed by atoms with van der Waals surface area (Å²) < 4.78 is 0. The van der Waals surface area contributed by atoms with E-state index in [1.807, 2.05) is 46.0 Å². The van der Waals surface area contributed by atoms with Crippen molar-refractivity contribution in [2.45, 2.75) is 376 Å². The third-order valence-corrected chi connectivity index (χ3v) is 16.5. The highest BCUT2D eigenvalue weighted by Crippen LogP contribution is 2.48. The monoisotopic (exact) mass is 969 g/mol. The molecule has 0 fully saturated rings. The van der Waals surface area contributed by atoms with Gasteiger partial charge in [-0.3, -0.25) is 0 Å². The van der Waals surface area contributed by atoms with Gasteiger partial charge in [0.25, 0.3) is 0 Å².